The zero-order chi connectivity index (χ0) is 19.4. The molecule has 1 aliphatic rings. The van der Waals surface area contributed by atoms with Gasteiger partial charge in [0.2, 0.25) is 0 Å². The largest absolute Gasteiger partial charge is 0.300 e. The average molecular weight is 391 g/mol. The van der Waals surface area contributed by atoms with Crippen LogP contribution in [0.25, 0.3) is 0 Å². The lowest BCUT2D eigenvalue weighted by molar-refractivity contribution is 0.131. The summed E-state index contributed by atoms with van der Waals surface area (Å²) in [5.74, 6) is -0.0375. The molecule has 0 N–H and O–H groups in total. The highest BCUT2D eigenvalue weighted by Crippen LogP contribution is 2.19. The van der Waals surface area contributed by atoms with Crippen LogP contribution in [0.3, 0.4) is 0 Å². The van der Waals surface area contributed by atoms with E-state index < -0.39 is 9.84 Å². The number of rotatable bonds is 6. The second kappa shape index (κ2) is 8.50. The first-order valence-corrected chi connectivity index (χ1v) is 11.0. The minimum atomic E-state index is -3.29. The van der Waals surface area contributed by atoms with E-state index in [1.165, 1.54) is 6.07 Å². The number of sulfone groups is 1. The van der Waals surface area contributed by atoms with Crippen LogP contribution in [0.2, 0.25) is 0 Å². The van der Waals surface area contributed by atoms with Gasteiger partial charge in [0.1, 0.15) is 5.82 Å². The van der Waals surface area contributed by atoms with Gasteiger partial charge in [0.05, 0.1) is 10.6 Å². The molecule has 0 aliphatic carbocycles. The van der Waals surface area contributed by atoms with Crippen LogP contribution < -0.4 is 0 Å². The summed E-state index contributed by atoms with van der Waals surface area (Å²) in [6, 6.07) is 12.4. The Morgan fingerprint density at radius 1 is 0.963 bits per heavy atom. The molecule has 2 aromatic rings. The summed E-state index contributed by atoms with van der Waals surface area (Å²) in [7, 11) is -3.29. The Morgan fingerprint density at radius 3 is 2.33 bits per heavy atom. The van der Waals surface area contributed by atoms with Gasteiger partial charge in [-0.3, -0.25) is 9.80 Å². The maximum absolute atomic E-state index is 13.8. The van der Waals surface area contributed by atoms with Crippen LogP contribution in [0.5, 0.6) is 0 Å². The number of hydrogen-bond acceptors (Lipinski definition) is 4. The fourth-order valence-corrected chi connectivity index (χ4v) is 5.08. The first-order chi connectivity index (χ1) is 12.8. The van der Waals surface area contributed by atoms with Crippen LogP contribution in [0, 0.1) is 19.7 Å². The molecular weight excluding hydrogens is 363 g/mol. The normalized spacial score (nSPS) is 16.6. The quantitative estimate of drug-likeness (QED) is 0.760. The molecule has 1 heterocycles. The molecule has 1 saturated heterocycles. The number of piperazine rings is 1. The molecule has 4 nitrogen and oxygen atoms in total. The van der Waals surface area contributed by atoms with E-state index in [-0.39, 0.29) is 11.6 Å². The summed E-state index contributed by atoms with van der Waals surface area (Å²) in [5.41, 5.74) is 2.47. The fourth-order valence-electron chi connectivity index (χ4n) is 3.44. The van der Waals surface area contributed by atoms with Crippen molar-refractivity contribution in [3.8, 4) is 0 Å². The molecule has 146 valence electrons. The highest BCUT2D eigenvalue weighted by atomic mass is 32.2. The SMILES string of the molecule is Cc1ccc(C)c(S(=O)(=O)CCN2CCN(Cc3ccccc3F)CC2)c1. The predicted molar refractivity (Wildman–Crippen MR) is 106 cm³/mol. The van der Waals surface area contributed by atoms with Crippen LogP contribution >= 0.6 is 0 Å². The summed E-state index contributed by atoms with van der Waals surface area (Å²) >= 11 is 0. The van der Waals surface area contributed by atoms with Crippen molar-refractivity contribution in [1.29, 1.82) is 0 Å². The van der Waals surface area contributed by atoms with E-state index in [0.29, 0.717) is 23.5 Å². The van der Waals surface area contributed by atoms with Gasteiger partial charge in [-0.2, -0.15) is 0 Å². The summed E-state index contributed by atoms with van der Waals surface area (Å²) in [6.45, 7) is 8.12. The van der Waals surface area contributed by atoms with E-state index in [4.69, 9.17) is 0 Å². The van der Waals surface area contributed by atoms with Crippen molar-refractivity contribution in [3.05, 3.63) is 65.0 Å². The van der Waals surface area contributed by atoms with Gasteiger partial charge in [0, 0.05) is 44.8 Å². The summed E-state index contributed by atoms with van der Waals surface area (Å²) < 4.78 is 39.2. The number of halogens is 1. The third kappa shape index (κ3) is 5.15. The third-order valence-electron chi connectivity index (χ3n) is 5.17. The number of benzene rings is 2. The van der Waals surface area contributed by atoms with Crippen LogP contribution in [0.15, 0.2) is 47.4 Å². The van der Waals surface area contributed by atoms with Crippen LogP contribution in [-0.2, 0) is 16.4 Å². The molecule has 6 heteroatoms. The molecule has 0 amide bonds. The second-order valence-electron chi connectivity index (χ2n) is 7.30. The Balaban J connectivity index is 1.52. The molecule has 0 saturated carbocycles. The van der Waals surface area contributed by atoms with E-state index in [1.807, 2.05) is 38.1 Å². The standard InChI is InChI=1S/C21H27FN2O2S/c1-17-7-8-18(2)21(15-17)27(25,26)14-13-23-9-11-24(12-10-23)16-19-5-3-4-6-20(19)22/h3-8,15H,9-14,16H2,1-2H3. The molecule has 0 aromatic heterocycles. The molecule has 0 atom stereocenters. The first-order valence-electron chi connectivity index (χ1n) is 9.33. The van der Waals surface area contributed by atoms with Crippen LogP contribution in [-0.4, -0.2) is 56.7 Å². The molecule has 0 unspecified atom stereocenters. The molecular formula is C21H27FN2O2S. The summed E-state index contributed by atoms with van der Waals surface area (Å²) in [5, 5.41) is 0. The maximum Gasteiger partial charge on any atom is 0.179 e. The van der Waals surface area contributed by atoms with Gasteiger partial charge in [-0.05, 0) is 37.1 Å². The molecule has 0 radical (unpaired) electrons. The van der Waals surface area contributed by atoms with Crippen molar-refractivity contribution in [3.63, 3.8) is 0 Å². The Kier molecular flexibility index (Phi) is 6.29. The van der Waals surface area contributed by atoms with E-state index in [2.05, 4.69) is 9.80 Å². The molecule has 0 bridgehead atoms. The second-order valence-corrected chi connectivity index (χ2v) is 9.37. The molecule has 1 aliphatic heterocycles. The van der Waals surface area contributed by atoms with Crippen molar-refractivity contribution in [2.45, 2.75) is 25.3 Å². The minimum absolute atomic E-state index is 0.130. The Bertz CT molecular complexity index is 891. The first kappa shape index (κ1) is 20.0. The molecule has 0 spiro atoms. The van der Waals surface area contributed by atoms with Crippen molar-refractivity contribution in [2.75, 3.05) is 38.5 Å². The van der Waals surface area contributed by atoms with Crippen LogP contribution in [0.1, 0.15) is 16.7 Å². The van der Waals surface area contributed by atoms with Gasteiger partial charge in [-0.1, -0.05) is 30.3 Å². The lowest BCUT2D eigenvalue weighted by atomic mass is 10.2. The fraction of sp³-hybridized carbons (Fsp3) is 0.429. The van der Waals surface area contributed by atoms with Crippen LogP contribution in [0.4, 0.5) is 4.39 Å². The van der Waals surface area contributed by atoms with Gasteiger partial charge in [-0.25, -0.2) is 12.8 Å². The molecule has 2 aromatic carbocycles. The number of aryl methyl sites for hydroxylation is 2. The topological polar surface area (TPSA) is 40.6 Å². The highest BCUT2D eigenvalue weighted by molar-refractivity contribution is 7.91. The van der Waals surface area contributed by atoms with Gasteiger partial charge in [0.15, 0.2) is 9.84 Å². The zero-order valence-electron chi connectivity index (χ0n) is 16.0. The molecule has 27 heavy (non-hydrogen) atoms. The molecule has 3 rings (SSSR count). The Hall–Kier alpha value is -1.76. The lowest BCUT2D eigenvalue weighted by Gasteiger charge is -2.34. The summed E-state index contributed by atoms with van der Waals surface area (Å²) in [4.78, 5) is 4.84. The smallest absolute Gasteiger partial charge is 0.179 e. The van der Waals surface area contributed by atoms with E-state index >= 15 is 0 Å². The van der Waals surface area contributed by atoms with Crippen molar-refractivity contribution in [1.82, 2.24) is 9.80 Å². The van der Waals surface area contributed by atoms with Crippen molar-refractivity contribution >= 4 is 9.84 Å². The van der Waals surface area contributed by atoms with Gasteiger partial charge in [0.25, 0.3) is 0 Å². The zero-order valence-corrected chi connectivity index (χ0v) is 16.8. The molecule has 1 fully saturated rings. The lowest BCUT2D eigenvalue weighted by Crippen LogP contribution is -2.47. The average Bonchev–Trinajstić information content (AvgIpc) is 2.65. The number of nitrogens with zero attached hydrogens (tertiary/aromatic N) is 2. The monoisotopic (exact) mass is 390 g/mol. The van der Waals surface area contributed by atoms with Gasteiger partial charge in [-0.15, -0.1) is 0 Å². The maximum atomic E-state index is 13.8. The van der Waals surface area contributed by atoms with E-state index in [9.17, 15) is 12.8 Å². The van der Waals surface area contributed by atoms with Crippen molar-refractivity contribution < 1.29 is 12.8 Å². The Labute approximate surface area is 161 Å². The van der Waals surface area contributed by atoms with Gasteiger partial charge >= 0.3 is 0 Å². The van der Waals surface area contributed by atoms with E-state index in [1.54, 1.807) is 12.1 Å². The third-order valence-corrected chi connectivity index (χ3v) is 7.00. The Morgan fingerprint density at radius 2 is 1.63 bits per heavy atom. The number of hydrogen-bond donors (Lipinski definition) is 0. The van der Waals surface area contributed by atoms with Crippen molar-refractivity contribution in [2.24, 2.45) is 0 Å². The van der Waals surface area contributed by atoms with Gasteiger partial charge < -0.3 is 0 Å². The minimum Gasteiger partial charge on any atom is -0.300 e. The summed E-state index contributed by atoms with van der Waals surface area (Å²) in [6.07, 6.45) is 0. The highest BCUT2D eigenvalue weighted by Gasteiger charge is 2.22. The predicted octanol–water partition coefficient (Wildman–Crippen LogP) is 3.03. The van der Waals surface area contributed by atoms with E-state index in [0.717, 1.165) is 37.3 Å².